The first kappa shape index (κ1) is 43.8. The SMILES string of the molecule is CC(C)=CCCC(C)(O[C@@H]1O[C@H](CO[C@@H]2O[C@H](CO)[C@@H](O)[C@H](O)[C@H]2O)[C@@H](O)[C@H](O)[C@H]1O)[C@H]1CC[C@]2(C)[C@@H]1[C@H](O)CC1[C@@]3(C)CC[C@H](O)C(C)(C)[C@@H]3CC[C@]12C. The molecule has 0 bridgehead atoms. The summed E-state index contributed by atoms with van der Waals surface area (Å²) in [5.74, 6) is 0.389. The smallest absolute Gasteiger partial charge is 0.187 e. The number of aliphatic hydroxyl groups excluding tert-OH is 9. The Morgan fingerprint density at radius 1 is 0.727 bits per heavy atom. The monoisotopic (exact) mass is 784 g/mol. The first-order valence-electron chi connectivity index (χ1n) is 20.9. The summed E-state index contributed by atoms with van der Waals surface area (Å²) in [5.41, 5.74) is -0.301. The Balaban J connectivity index is 1.25. The van der Waals surface area contributed by atoms with Crippen LogP contribution in [0.1, 0.15) is 113 Å². The lowest BCUT2D eigenvalue weighted by Crippen LogP contribution is -2.67. The van der Waals surface area contributed by atoms with E-state index in [1.165, 1.54) is 0 Å². The molecule has 20 atom stereocenters. The van der Waals surface area contributed by atoms with E-state index in [4.69, 9.17) is 18.9 Å². The fourth-order valence-electron chi connectivity index (χ4n) is 13.2. The molecule has 9 N–H and O–H groups in total. The van der Waals surface area contributed by atoms with Crippen LogP contribution in [0.4, 0.5) is 0 Å². The Kier molecular flexibility index (Phi) is 12.5. The molecule has 4 saturated carbocycles. The van der Waals surface area contributed by atoms with Crippen molar-refractivity contribution in [2.45, 2.75) is 192 Å². The number of rotatable bonds is 10. The van der Waals surface area contributed by atoms with Crippen molar-refractivity contribution in [3.8, 4) is 0 Å². The average molecular weight is 785 g/mol. The van der Waals surface area contributed by atoms with Gasteiger partial charge < -0.3 is 64.9 Å². The minimum Gasteiger partial charge on any atom is -0.394 e. The highest BCUT2D eigenvalue weighted by atomic mass is 16.7. The minimum absolute atomic E-state index is 0.0181. The van der Waals surface area contributed by atoms with Crippen LogP contribution in [0, 0.1) is 45.3 Å². The Bertz CT molecular complexity index is 1370. The molecule has 2 aliphatic heterocycles. The number of aliphatic hydroxyl groups is 9. The lowest BCUT2D eigenvalue weighted by molar-refractivity contribution is -0.349. The summed E-state index contributed by atoms with van der Waals surface area (Å²) in [6.45, 7) is 16.7. The molecule has 0 radical (unpaired) electrons. The molecular formula is C42H72O13. The molecule has 0 aromatic carbocycles. The van der Waals surface area contributed by atoms with E-state index < -0.39 is 86.3 Å². The highest BCUT2D eigenvalue weighted by molar-refractivity contribution is 5.20. The van der Waals surface area contributed by atoms with Crippen molar-refractivity contribution < 1.29 is 64.9 Å². The van der Waals surface area contributed by atoms with E-state index in [1.807, 2.05) is 20.8 Å². The molecule has 318 valence electrons. The summed E-state index contributed by atoms with van der Waals surface area (Å²) >= 11 is 0. The molecule has 0 aromatic heterocycles. The summed E-state index contributed by atoms with van der Waals surface area (Å²) in [7, 11) is 0. The standard InChI is InChI=1S/C42H72O13/c1-21(2)10-9-14-42(8,55-37-35(51)33(49)31(47)25(54-37)20-52-36-34(50)32(48)30(46)24(19-43)53-36)22-11-16-41(7)29(22)23(44)18-27-39(5)15-13-28(45)38(3,4)26(39)12-17-40(27,41)6/h10,22-37,43-51H,9,11-20H2,1-8H3/t22-,23+,24+,25+,26-,27?,28-,29-,30+,31+,32-,33-,34+,35+,36+,37-,39-,40+,41+,42?/m0/s1. The van der Waals surface area contributed by atoms with E-state index >= 15 is 0 Å². The van der Waals surface area contributed by atoms with Crippen LogP contribution in [0.5, 0.6) is 0 Å². The van der Waals surface area contributed by atoms with E-state index in [9.17, 15) is 46.0 Å². The number of ether oxygens (including phenoxy) is 4. The van der Waals surface area contributed by atoms with Crippen LogP contribution in [-0.2, 0) is 18.9 Å². The molecule has 13 nitrogen and oxygen atoms in total. The van der Waals surface area contributed by atoms with E-state index in [2.05, 4.69) is 40.7 Å². The van der Waals surface area contributed by atoms with Crippen molar-refractivity contribution in [2.75, 3.05) is 13.2 Å². The van der Waals surface area contributed by atoms with E-state index in [0.717, 1.165) is 44.1 Å². The fourth-order valence-corrected chi connectivity index (χ4v) is 13.2. The van der Waals surface area contributed by atoms with Gasteiger partial charge in [0.2, 0.25) is 0 Å². The van der Waals surface area contributed by atoms with E-state index in [0.29, 0.717) is 25.2 Å². The third-order valence-corrected chi connectivity index (χ3v) is 16.7. The van der Waals surface area contributed by atoms with E-state index in [-0.39, 0.29) is 45.5 Å². The summed E-state index contributed by atoms with van der Waals surface area (Å²) in [4.78, 5) is 0. The minimum atomic E-state index is -1.67. The molecule has 0 aromatic rings. The molecule has 4 aliphatic carbocycles. The van der Waals surface area contributed by atoms with Crippen LogP contribution in [0.3, 0.4) is 0 Å². The Morgan fingerprint density at radius 3 is 1.96 bits per heavy atom. The molecule has 2 heterocycles. The first-order valence-corrected chi connectivity index (χ1v) is 20.9. The van der Waals surface area contributed by atoms with Crippen LogP contribution >= 0.6 is 0 Å². The zero-order valence-electron chi connectivity index (χ0n) is 34.3. The molecule has 13 heteroatoms. The van der Waals surface area contributed by atoms with Crippen molar-refractivity contribution in [3.05, 3.63) is 11.6 Å². The second-order valence-corrected chi connectivity index (χ2v) is 20.1. The van der Waals surface area contributed by atoms with Gasteiger partial charge in [-0.15, -0.1) is 0 Å². The number of fused-ring (bicyclic) bond motifs is 5. The van der Waals surface area contributed by atoms with Crippen molar-refractivity contribution >= 4 is 0 Å². The average Bonchev–Trinajstić information content (AvgIpc) is 3.51. The topological polar surface area (TPSA) is 219 Å². The van der Waals surface area contributed by atoms with Gasteiger partial charge in [0.25, 0.3) is 0 Å². The van der Waals surface area contributed by atoms with Gasteiger partial charge in [-0.2, -0.15) is 0 Å². The second-order valence-electron chi connectivity index (χ2n) is 20.1. The Hall–Kier alpha value is -0.780. The molecule has 55 heavy (non-hydrogen) atoms. The molecule has 6 fully saturated rings. The molecule has 0 spiro atoms. The number of allylic oxidation sites excluding steroid dienone is 2. The van der Waals surface area contributed by atoms with Crippen LogP contribution in [0.2, 0.25) is 0 Å². The molecule has 6 rings (SSSR count). The van der Waals surface area contributed by atoms with Crippen LogP contribution in [-0.4, -0.2) is 138 Å². The fraction of sp³-hybridized carbons (Fsp3) is 0.952. The van der Waals surface area contributed by atoms with Crippen LogP contribution in [0.15, 0.2) is 11.6 Å². The van der Waals surface area contributed by atoms with E-state index in [1.54, 1.807) is 0 Å². The highest BCUT2D eigenvalue weighted by Crippen LogP contribution is 2.76. The highest BCUT2D eigenvalue weighted by Gasteiger charge is 2.71. The number of hydrogen-bond acceptors (Lipinski definition) is 13. The second kappa shape index (κ2) is 15.7. The molecule has 2 unspecified atom stereocenters. The predicted octanol–water partition coefficient (Wildman–Crippen LogP) is 2.15. The largest absolute Gasteiger partial charge is 0.394 e. The van der Waals surface area contributed by atoms with Crippen LogP contribution in [0.25, 0.3) is 0 Å². The summed E-state index contributed by atoms with van der Waals surface area (Å²) in [5, 5.41) is 97.4. The first-order chi connectivity index (χ1) is 25.6. The van der Waals surface area contributed by atoms with Gasteiger partial charge in [0, 0.05) is 0 Å². The number of hydrogen-bond donors (Lipinski definition) is 9. The maximum Gasteiger partial charge on any atom is 0.187 e. The Morgan fingerprint density at radius 2 is 1.33 bits per heavy atom. The third-order valence-electron chi connectivity index (χ3n) is 16.7. The van der Waals surface area contributed by atoms with Gasteiger partial charge in [0.1, 0.15) is 48.8 Å². The predicted molar refractivity (Wildman–Crippen MR) is 201 cm³/mol. The molecule has 6 aliphatic rings. The lowest BCUT2D eigenvalue weighted by Gasteiger charge is -2.70. The van der Waals surface area contributed by atoms with Gasteiger partial charge in [-0.3, -0.25) is 0 Å². The summed E-state index contributed by atoms with van der Waals surface area (Å²) in [6.07, 6.45) is -6.62. The maximum absolute atomic E-state index is 12.4. The van der Waals surface area contributed by atoms with Gasteiger partial charge in [-0.1, -0.05) is 46.3 Å². The normalized spacial score (nSPS) is 52.0. The molecular weight excluding hydrogens is 712 g/mol. The quantitative estimate of drug-likeness (QED) is 0.145. The third kappa shape index (κ3) is 7.20. The van der Waals surface area contributed by atoms with Gasteiger partial charge >= 0.3 is 0 Å². The zero-order chi connectivity index (χ0) is 40.6. The van der Waals surface area contributed by atoms with Crippen molar-refractivity contribution in [2.24, 2.45) is 45.3 Å². The van der Waals surface area contributed by atoms with Crippen molar-refractivity contribution in [1.82, 2.24) is 0 Å². The van der Waals surface area contributed by atoms with Gasteiger partial charge in [0.05, 0.1) is 31.0 Å². The zero-order valence-corrected chi connectivity index (χ0v) is 34.3. The summed E-state index contributed by atoms with van der Waals surface area (Å²) in [6, 6.07) is 0. The Labute approximate surface area is 327 Å². The van der Waals surface area contributed by atoms with Gasteiger partial charge in [-0.25, -0.2) is 0 Å². The van der Waals surface area contributed by atoms with Gasteiger partial charge in [0.15, 0.2) is 12.6 Å². The molecule has 0 amide bonds. The molecule has 2 saturated heterocycles. The lowest BCUT2D eigenvalue weighted by atomic mass is 9.35. The van der Waals surface area contributed by atoms with Gasteiger partial charge in [-0.05, 0) is 124 Å². The summed E-state index contributed by atoms with van der Waals surface area (Å²) < 4.78 is 24.2. The van der Waals surface area contributed by atoms with Crippen LogP contribution < -0.4 is 0 Å². The van der Waals surface area contributed by atoms with Crippen molar-refractivity contribution in [1.29, 1.82) is 0 Å². The maximum atomic E-state index is 12.4. The van der Waals surface area contributed by atoms with Crippen molar-refractivity contribution in [3.63, 3.8) is 0 Å².